The van der Waals surface area contributed by atoms with Crippen molar-refractivity contribution < 1.29 is 24.9 Å². The highest BCUT2D eigenvalue weighted by Gasteiger charge is 2.19. The summed E-state index contributed by atoms with van der Waals surface area (Å²) in [5, 5.41) is 24.9. The molecule has 188 valence electrons. The summed E-state index contributed by atoms with van der Waals surface area (Å²) in [4.78, 5) is 26.7. The third-order valence-electron chi connectivity index (χ3n) is 6.19. The molecular weight excluding hydrogens is 446 g/mol. The molecule has 1 saturated heterocycles. The zero-order valence-corrected chi connectivity index (χ0v) is 20.1. The van der Waals surface area contributed by atoms with Crippen LogP contribution >= 0.6 is 0 Å². The molecule has 8 nitrogen and oxygen atoms in total. The number of carboxylic acid groups (broad SMARTS) is 2. The smallest absolute Gasteiger partial charge is 0.303 e. The van der Waals surface area contributed by atoms with Gasteiger partial charge in [-0.25, -0.2) is 0 Å². The van der Waals surface area contributed by atoms with E-state index < -0.39 is 11.9 Å². The van der Waals surface area contributed by atoms with Crippen LogP contribution in [0.5, 0.6) is 0 Å². The van der Waals surface area contributed by atoms with Crippen LogP contribution < -0.4 is 4.90 Å². The number of aliphatic carboxylic acids is 2. The number of carbonyl (C=O) groups is 2. The standard InChI is InChI=1S/C23H29N3O.C4H6O4/c27-19-18-25-16-14-24(15-17-25)12-5-13-26-22-8-3-1-6-20(22)10-11-21-7-2-4-9-23(21)26;5-3(6)1-2-4(7)8/h1-4,6-11,27H,5,12-19H2;1-2H2,(H,5,6)(H,7,8). The number of β-amino-alcohol motifs (C(OH)–C–C–N with tert-alkyl or cyclic N) is 1. The maximum Gasteiger partial charge on any atom is 0.303 e. The first kappa shape index (κ1) is 26.4. The van der Waals surface area contributed by atoms with Crippen LogP contribution in [0.25, 0.3) is 12.2 Å². The van der Waals surface area contributed by atoms with Crippen molar-refractivity contribution in [1.29, 1.82) is 0 Å². The summed E-state index contributed by atoms with van der Waals surface area (Å²) in [6, 6.07) is 17.4. The lowest BCUT2D eigenvalue weighted by atomic mass is 10.1. The predicted octanol–water partition coefficient (Wildman–Crippen LogP) is 3.24. The Morgan fingerprint density at radius 2 is 1.14 bits per heavy atom. The van der Waals surface area contributed by atoms with Gasteiger partial charge in [0.25, 0.3) is 0 Å². The molecule has 8 heteroatoms. The lowest BCUT2D eigenvalue weighted by molar-refractivity contribution is -0.143. The van der Waals surface area contributed by atoms with Gasteiger partial charge in [-0.05, 0) is 36.2 Å². The first-order valence-electron chi connectivity index (χ1n) is 12.1. The van der Waals surface area contributed by atoms with Crippen molar-refractivity contribution in [1.82, 2.24) is 9.80 Å². The van der Waals surface area contributed by atoms with Gasteiger partial charge in [-0.3, -0.25) is 14.5 Å². The number of anilines is 2. The summed E-state index contributed by atoms with van der Waals surface area (Å²) in [5.74, 6) is -2.15. The van der Waals surface area contributed by atoms with E-state index in [1.54, 1.807) is 0 Å². The largest absolute Gasteiger partial charge is 0.481 e. The molecular formula is C27H35N3O5. The molecule has 2 aliphatic heterocycles. The third kappa shape index (κ3) is 8.20. The Balaban J connectivity index is 0.000000371. The number of para-hydroxylation sites is 2. The molecule has 0 bridgehead atoms. The van der Waals surface area contributed by atoms with Crippen LogP contribution in [0.2, 0.25) is 0 Å². The van der Waals surface area contributed by atoms with Crippen LogP contribution in [0.3, 0.4) is 0 Å². The van der Waals surface area contributed by atoms with Crippen LogP contribution in [-0.2, 0) is 9.59 Å². The minimum Gasteiger partial charge on any atom is -0.481 e. The fourth-order valence-electron chi connectivity index (χ4n) is 4.34. The van der Waals surface area contributed by atoms with E-state index in [2.05, 4.69) is 75.4 Å². The molecule has 2 aromatic carbocycles. The first-order valence-corrected chi connectivity index (χ1v) is 12.1. The van der Waals surface area contributed by atoms with Gasteiger partial charge in [0, 0.05) is 50.6 Å². The number of carboxylic acids is 2. The molecule has 35 heavy (non-hydrogen) atoms. The summed E-state index contributed by atoms with van der Waals surface area (Å²) in [6.45, 7) is 7.57. The molecule has 0 unspecified atom stereocenters. The van der Waals surface area contributed by atoms with E-state index in [0.717, 1.165) is 52.2 Å². The van der Waals surface area contributed by atoms with Gasteiger partial charge in [-0.1, -0.05) is 48.6 Å². The Morgan fingerprint density at radius 1 is 0.686 bits per heavy atom. The lowest BCUT2D eigenvalue weighted by Gasteiger charge is -2.35. The van der Waals surface area contributed by atoms with Gasteiger partial charge in [0.15, 0.2) is 0 Å². The number of benzene rings is 2. The van der Waals surface area contributed by atoms with Gasteiger partial charge in [0.2, 0.25) is 0 Å². The molecule has 0 aliphatic carbocycles. The number of fused-ring (bicyclic) bond motifs is 2. The third-order valence-corrected chi connectivity index (χ3v) is 6.19. The summed E-state index contributed by atoms with van der Waals surface area (Å²) in [5.41, 5.74) is 5.16. The topological polar surface area (TPSA) is 105 Å². The quantitative estimate of drug-likeness (QED) is 0.501. The molecule has 0 spiro atoms. The number of aliphatic hydroxyl groups is 1. The molecule has 3 N–H and O–H groups in total. The van der Waals surface area contributed by atoms with E-state index in [-0.39, 0.29) is 19.4 Å². The normalized spacial score (nSPS) is 15.4. The second-order valence-electron chi connectivity index (χ2n) is 8.65. The monoisotopic (exact) mass is 481 g/mol. The summed E-state index contributed by atoms with van der Waals surface area (Å²) in [7, 11) is 0. The van der Waals surface area contributed by atoms with E-state index in [0.29, 0.717) is 0 Å². The predicted molar refractivity (Wildman–Crippen MR) is 138 cm³/mol. The van der Waals surface area contributed by atoms with E-state index in [1.165, 1.54) is 22.5 Å². The van der Waals surface area contributed by atoms with E-state index in [4.69, 9.17) is 15.3 Å². The van der Waals surface area contributed by atoms with Crippen molar-refractivity contribution in [3.63, 3.8) is 0 Å². The minimum absolute atomic E-state index is 0.266. The second kappa shape index (κ2) is 13.6. The average Bonchev–Trinajstić information content (AvgIpc) is 3.02. The molecule has 0 radical (unpaired) electrons. The summed E-state index contributed by atoms with van der Waals surface area (Å²) >= 11 is 0. The molecule has 2 heterocycles. The van der Waals surface area contributed by atoms with Gasteiger partial charge < -0.3 is 25.1 Å². The highest BCUT2D eigenvalue weighted by atomic mass is 16.4. The molecule has 1 fully saturated rings. The molecule has 2 aliphatic rings. The molecule has 0 atom stereocenters. The molecule has 0 amide bonds. The van der Waals surface area contributed by atoms with Crippen molar-refractivity contribution in [2.45, 2.75) is 19.3 Å². The molecule has 0 saturated carbocycles. The lowest BCUT2D eigenvalue weighted by Crippen LogP contribution is -2.47. The van der Waals surface area contributed by atoms with E-state index in [1.807, 2.05) is 0 Å². The zero-order chi connectivity index (χ0) is 25.0. The molecule has 4 rings (SSSR count). The Hall–Kier alpha value is -3.20. The second-order valence-corrected chi connectivity index (χ2v) is 8.65. The van der Waals surface area contributed by atoms with Crippen LogP contribution in [0.1, 0.15) is 30.4 Å². The van der Waals surface area contributed by atoms with Gasteiger partial charge in [0.05, 0.1) is 19.4 Å². The first-order chi connectivity index (χ1) is 17.0. The number of aliphatic hydroxyl groups excluding tert-OH is 1. The molecule has 0 aromatic heterocycles. The van der Waals surface area contributed by atoms with Crippen LogP contribution in [0, 0.1) is 0 Å². The van der Waals surface area contributed by atoms with Crippen molar-refractivity contribution in [3.05, 3.63) is 59.7 Å². The highest BCUT2D eigenvalue weighted by Crippen LogP contribution is 2.36. The maximum atomic E-state index is 9.64. The Bertz CT molecular complexity index is 938. The Morgan fingerprint density at radius 3 is 1.60 bits per heavy atom. The van der Waals surface area contributed by atoms with Gasteiger partial charge in [-0.15, -0.1) is 0 Å². The van der Waals surface area contributed by atoms with Crippen molar-refractivity contribution in [2.75, 3.05) is 57.3 Å². The van der Waals surface area contributed by atoms with Crippen LogP contribution in [-0.4, -0.2) is 89.5 Å². The minimum atomic E-state index is -1.08. The zero-order valence-electron chi connectivity index (χ0n) is 20.1. The SMILES string of the molecule is O=C(O)CCC(=O)O.OCCN1CCN(CCCN2c3ccccc3C=Cc3ccccc32)CC1. The van der Waals surface area contributed by atoms with E-state index >= 15 is 0 Å². The number of hydrogen-bond acceptors (Lipinski definition) is 6. The Kier molecular flexibility index (Phi) is 10.3. The molecule has 2 aromatic rings. The van der Waals surface area contributed by atoms with Gasteiger partial charge >= 0.3 is 11.9 Å². The van der Waals surface area contributed by atoms with Gasteiger partial charge in [-0.2, -0.15) is 0 Å². The van der Waals surface area contributed by atoms with Crippen LogP contribution in [0.15, 0.2) is 48.5 Å². The number of piperazine rings is 1. The summed E-state index contributed by atoms with van der Waals surface area (Å²) < 4.78 is 0. The summed E-state index contributed by atoms with van der Waals surface area (Å²) in [6.07, 6.45) is 5.01. The number of rotatable bonds is 9. The van der Waals surface area contributed by atoms with Crippen LogP contribution in [0.4, 0.5) is 11.4 Å². The maximum absolute atomic E-state index is 9.64. The van der Waals surface area contributed by atoms with Crippen molar-refractivity contribution in [3.8, 4) is 0 Å². The fraction of sp³-hybridized carbons (Fsp3) is 0.407. The number of hydrogen-bond donors (Lipinski definition) is 3. The van der Waals surface area contributed by atoms with E-state index in [9.17, 15) is 9.59 Å². The highest BCUT2D eigenvalue weighted by molar-refractivity contribution is 5.88. The van der Waals surface area contributed by atoms with Gasteiger partial charge in [0.1, 0.15) is 0 Å². The fourth-order valence-corrected chi connectivity index (χ4v) is 4.34. The Labute approximate surface area is 206 Å². The van der Waals surface area contributed by atoms with Crippen molar-refractivity contribution in [2.24, 2.45) is 0 Å². The van der Waals surface area contributed by atoms with Crippen molar-refractivity contribution >= 4 is 35.5 Å². The average molecular weight is 482 g/mol. The number of nitrogens with zero attached hydrogens (tertiary/aromatic N) is 3.